The minimum Gasteiger partial charge on any atom is -0.372 e. The molecule has 2 unspecified atom stereocenters. The number of piperidine rings is 1. The standard InChI is InChI=1S/C9H15F2NO/c10-9(11)5-13-8-3-6-1-2-7(4-8)12-6/h6-9,12H,1-5H2. The molecular formula is C9H15F2NO. The van der Waals surface area contributed by atoms with Gasteiger partial charge in [0.15, 0.2) is 0 Å². The predicted molar refractivity (Wildman–Crippen MR) is 44.9 cm³/mol. The summed E-state index contributed by atoms with van der Waals surface area (Å²) in [7, 11) is 0. The summed E-state index contributed by atoms with van der Waals surface area (Å²) in [5, 5.41) is 3.44. The summed E-state index contributed by atoms with van der Waals surface area (Å²) in [6.45, 7) is -0.399. The summed E-state index contributed by atoms with van der Waals surface area (Å²) < 4.78 is 28.9. The van der Waals surface area contributed by atoms with E-state index in [-0.39, 0.29) is 6.10 Å². The maximum absolute atomic E-state index is 11.9. The summed E-state index contributed by atoms with van der Waals surface area (Å²) in [6, 6.07) is 1.03. The van der Waals surface area contributed by atoms with Crippen LogP contribution < -0.4 is 5.32 Å². The highest BCUT2D eigenvalue weighted by atomic mass is 19.3. The molecule has 2 atom stereocenters. The fourth-order valence-corrected chi connectivity index (χ4v) is 2.35. The van der Waals surface area contributed by atoms with E-state index in [4.69, 9.17) is 4.74 Å². The Morgan fingerprint density at radius 1 is 1.23 bits per heavy atom. The predicted octanol–water partition coefficient (Wildman–Crippen LogP) is 1.55. The molecule has 2 bridgehead atoms. The lowest BCUT2D eigenvalue weighted by Crippen LogP contribution is -2.41. The van der Waals surface area contributed by atoms with Gasteiger partial charge < -0.3 is 10.1 Å². The van der Waals surface area contributed by atoms with Gasteiger partial charge in [-0.1, -0.05) is 0 Å². The number of ether oxygens (including phenoxy) is 1. The van der Waals surface area contributed by atoms with Gasteiger partial charge in [0.05, 0.1) is 6.10 Å². The van der Waals surface area contributed by atoms with Crippen molar-refractivity contribution in [1.82, 2.24) is 5.32 Å². The van der Waals surface area contributed by atoms with E-state index in [1.54, 1.807) is 0 Å². The van der Waals surface area contributed by atoms with Crippen molar-refractivity contribution in [2.75, 3.05) is 6.61 Å². The highest BCUT2D eigenvalue weighted by Gasteiger charge is 2.34. The van der Waals surface area contributed by atoms with Crippen LogP contribution in [-0.2, 0) is 4.74 Å². The number of rotatable bonds is 3. The number of nitrogens with one attached hydrogen (secondary N) is 1. The zero-order chi connectivity index (χ0) is 9.26. The van der Waals surface area contributed by atoms with Crippen LogP contribution in [-0.4, -0.2) is 31.2 Å². The highest BCUT2D eigenvalue weighted by Crippen LogP contribution is 2.28. The van der Waals surface area contributed by atoms with Crippen LogP contribution >= 0.6 is 0 Å². The Morgan fingerprint density at radius 2 is 1.85 bits per heavy atom. The smallest absolute Gasteiger partial charge is 0.261 e. The molecule has 0 aromatic rings. The molecule has 2 aliphatic rings. The first-order chi connectivity index (χ1) is 6.24. The number of hydrogen-bond donors (Lipinski definition) is 1. The van der Waals surface area contributed by atoms with Gasteiger partial charge in [-0.3, -0.25) is 0 Å². The summed E-state index contributed by atoms with van der Waals surface area (Å²) >= 11 is 0. The topological polar surface area (TPSA) is 21.3 Å². The first kappa shape index (κ1) is 9.34. The van der Waals surface area contributed by atoms with E-state index in [1.807, 2.05) is 0 Å². The Hall–Kier alpha value is -0.220. The highest BCUT2D eigenvalue weighted by molar-refractivity contribution is 4.92. The van der Waals surface area contributed by atoms with Crippen LogP contribution in [0.3, 0.4) is 0 Å². The molecule has 0 aromatic carbocycles. The van der Waals surface area contributed by atoms with Crippen LogP contribution in [0.5, 0.6) is 0 Å². The third-order valence-electron chi connectivity index (χ3n) is 2.89. The van der Waals surface area contributed by atoms with Crippen molar-refractivity contribution < 1.29 is 13.5 Å². The molecular weight excluding hydrogens is 176 g/mol. The summed E-state index contributed by atoms with van der Waals surface area (Å²) in [5.74, 6) is 0. The first-order valence-electron chi connectivity index (χ1n) is 4.90. The number of halogens is 2. The lowest BCUT2D eigenvalue weighted by Gasteiger charge is -2.28. The fourth-order valence-electron chi connectivity index (χ4n) is 2.35. The van der Waals surface area contributed by atoms with E-state index in [0.29, 0.717) is 12.1 Å². The minimum absolute atomic E-state index is 0.0627. The molecule has 0 radical (unpaired) electrons. The molecule has 13 heavy (non-hydrogen) atoms. The van der Waals surface area contributed by atoms with Gasteiger partial charge in [-0.15, -0.1) is 0 Å². The van der Waals surface area contributed by atoms with E-state index in [0.717, 1.165) is 12.8 Å². The van der Waals surface area contributed by atoms with Crippen LogP contribution in [0.15, 0.2) is 0 Å². The molecule has 0 aliphatic carbocycles. The third kappa shape index (κ3) is 2.38. The zero-order valence-electron chi connectivity index (χ0n) is 7.51. The van der Waals surface area contributed by atoms with Gasteiger partial charge in [-0.25, -0.2) is 8.78 Å². The Bertz CT molecular complexity index is 165. The van der Waals surface area contributed by atoms with E-state index in [2.05, 4.69) is 5.32 Å². The molecule has 0 saturated carbocycles. The summed E-state index contributed by atoms with van der Waals surface area (Å²) in [4.78, 5) is 0. The summed E-state index contributed by atoms with van der Waals surface area (Å²) in [6.07, 6.45) is 1.91. The first-order valence-corrected chi connectivity index (χ1v) is 4.90. The maximum Gasteiger partial charge on any atom is 0.261 e. The van der Waals surface area contributed by atoms with Crippen molar-refractivity contribution in [2.45, 2.75) is 50.3 Å². The largest absolute Gasteiger partial charge is 0.372 e. The van der Waals surface area contributed by atoms with Crippen molar-refractivity contribution in [3.63, 3.8) is 0 Å². The van der Waals surface area contributed by atoms with Gasteiger partial charge in [-0.2, -0.15) is 0 Å². The van der Waals surface area contributed by atoms with Crippen molar-refractivity contribution in [2.24, 2.45) is 0 Å². The molecule has 1 N–H and O–H groups in total. The van der Waals surface area contributed by atoms with Gasteiger partial charge >= 0.3 is 0 Å². The zero-order valence-corrected chi connectivity index (χ0v) is 7.51. The van der Waals surface area contributed by atoms with Crippen LogP contribution in [0.4, 0.5) is 8.78 Å². The average molecular weight is 191 g/mol. The molecule has 76 valence electrons. The van der Waals surface area contributed by atoms with Crippen LogP contribution in [0.25, 0.3) is 0 Å². The molecule has 0 amide bonds. The molecule has 2 rings (SSSR count). The van der Waals surface area contributed by atoms with Crippen molar-refractivity contribution in [3.05, 3.63) is 0 Å². The van der Waals surface area contributed by atoms with Gasteiger partial charge in [0.25, 0.3) is 6.43 Å². The normalized spacial score (nSPS) is 38.5. The average Bonchev–Trinajstić information content (AvgIpc) is 2.42. The van der Waals surface area contributed by atoms with E-state index >= 15 is 0 Å². The van der Waals surface area contributed by atoms with E-state index in [9.17, 15) is 8.78 Å². The molecule has 2 heterocycles. The van der Waals surface area contributed by atoms with Crippen molar-refractivity contribution >= 4 is 0 Å². The number of alkyl halides is 2. The Morgan fingerprint density at radius 3 is 2.38 bits per heavy atom. The second kappa shape index (κ2) is 3.88. The second-order valence-electron chi connectivity index (χ2n) is 3.96. The van der Waals surface area contributed by atoms with Crippen LogP contribution in [0.2, 0.25) is 0 Å². The van der Waals surface area contributed by atoms with Crippen LogP contribution in [0.1, 0.15) is 25.7 Å². The van der Waals surface area contributed by atoms with Crippen LogP contribution in [0, 0.1) is 0 Å². The van der Waals surface area contributed by atoms with Gasteiger partial charge in [0.2, 0.25) is 0 Å². The Kier molecular flexibility index (Phi) is 2.79. The molecule has 4 heteroatoms. The second-order valence-corrected chi connectivity index (χ2v) is 3.96. The molecule has 2 aliphatic heterocycles. The SMILES string of the molecule is FC(F)COC1CC2CCC(C1)N2. The van der Waals surface area contributed by atoms with Crippen molar-refractivity contribution in [1.29, 1.82) is 0 Å². The molecule has 2 fully saturated rings. The van der Waals surface area contributed by atoms with Gasteiger partial charge in [-0.05, 0) is 25.7 Å². The van der Waals surface area contributed by atoms with Crippen molar-refractivity contribution in [3.8, 4) is 0 Å². The maximum atomic E-state index is 11.9. The molecule has 2 nitrogen and oxygen atoms in total. The lowest BCUT2D eigenvalue weighted by atomic mass is 10.0. The number of hydrogen-bond acceptors (Lipinski definition) is 2. The van der Waals surface area contributed by atoms with Gasteiger partial charge in [0, 0.05) is 12.1 Å². The molecule has 2 saturated heterocycles. The molecule has 0 spiro atoms. The Labute approximate surface area is 76.6 Å². The monoisotopic (exact) mass is 191 g/mol. The summed E-state index contributed by atoms with van der Waals surface area (Å²) in [5.41, 5.74) is 0. The lowest BCUT2D eigenvalue weighted by molar-refractivity contribution is -0.0406. The van der Waals surface area contributed by atoms with Gasteiger partial charge in [0.1, 0.15) is 6.61 Å². The molecule has 0 aromatic heterocycles. The number of fused-ring (bicyclic) bond motifs is 2. The fraction of sp³-hybridized carbons (Fsp3) is 1.00. The quantitative estimate of drug-likeness (QED) is 0.730. The van der Waals surface area contributed by atoms with E-state index in [1.165, 1.54) is 12.8 Å². The third-order valence-corrected chi connectivity index (χ3v) is 2.89. The Balaban J connectivity index is 1.75. The van der Waals surface area contributed by atoms with E-state index < -0.39 is 13.0 Å². The minimum atomic E-state index is -2.33.